The highest BCUT2D eigenvalue weighted by molar-refractivity contribution is 5.97. The summed E-state index contributed by atoms with van der Waals surface area (Å²) in [5.74, 6) is -3.61. The van der Waals surface area contributed by atoms with Gasteiger partial charge in [-0.2, -0.15) is 0 Å². The lowest BCUT2D eigenvalue weighted by Gasteiger charge is -2.37. The van der Waals surface area contributed by atoms with E-state index < -0.39 is 17.8 Å². The molecule has 4 nitrogen and oxygen atoms in total. The number of allylic oxidation sites excluding steroid dienone is 2. The zero-order chi connectivity index (χ0) is 22.7. The van der Waals surface area contributed by atoms with Crippen LogP contribution in [0.2, 0.25) is 0 Å². The fourth-order valence-corrected chi connectivity index (χ4v) is 4.65. The van der Waals surface area contributed by atoms with Crippen molar-refractivity contribution in [1.29, 1.82) is 0 Å². The van der Waals surface area contributed by atoms with Gasteiger partial charge in [0, 0.05) is 17.5 Å². The van der Waals surface area contributed by atoms with Gasteiger partial charge < -0.3 is 10.4 Å². The standard InChI is InChI=1S/C28H27NO3/c1-18-10-9-15-24(19(18)2)29-27(30)25-22(20-11-5-3-6-12-20)16-17-23(26(25)28(31)32)21-13-7-4-8-14-21/h3-17,22-23,25-26H,1-2H3,(H,29,30)(H,31,32)/t22?,23?,25-,26+/m1/s1. The van der Waals surface area contributed by atoms with Crippen molar-refractivity contribution < 1.29 is 14.7 Å². The van der Waals surface area contributed by atoms with Gasteiger partial charge in [-0.15, -0.1) is 0 Å². The molecule has 0 heterocycles. The Bertz CT molecular complexity index is 1140. The molecule has 162 valence electrons. The van der Waals surface area contributed by atoms with E-state index in [9.17, 15) is 14.7 Å². The molecule has 0 spiro atoms. The minimum Gasteiger partial charge on any atom is -0.481 e. The summed E-state index contributed by atoms with van der Waals surface area (Å²) in [4.78, 5) is 26.3. The van der Waals surface area contributed by atoms with Crippen LogP contribution in [-0.4, -0.2) is 17.0 Å². The van der Waals surface area contributed by atoms with Crippen molar-refractivity contribution in [2.75, 3.05) is 5.32 Å². The molecule has 0 saturated carbocycles. The highest BCUT2D eigenvalue weighted by Crippen LogP contribution is 2.45. The van der Waals surface area contributed by atoms with E-state index in [0.29, 0.717) is 0 Å². The number of anilines is 1. The van der Waals surface area contributed by atoms with E-state index in [1.54, 1.807) is 0 Å². The molecule has 0 bridgehead atoms. The SMILES string of the molecule is Cc1cccc(NC(=O)[C@@H]2C(c3ccccc3)C=CC(c3ccccc3)[C@@H]2C(=O)O)c1C. The van der Waals surface area contributed by atoms with Crippen molar-refractivity contribution in [3.8, 4) is 0 Å². The zero-order valence-electron chi connectivity index (χ0n) is 18.2. The normalized spacial score (nSPS) is 22.3. The molecule has 3 aromatic carbocycles. The Labute approximate surface area is 188 Å². The number of rotatable bonds is 5. The summed E-state index contributed by atoms with van der Waals surface area (Å²) >= 11 is 0. The maximum Gasteiger partial charge on any atom is 0.308 e. The van der Waals surface area contributed by atoms with Crippen molar-refractivity contribution in [2.24, 2.45) is 11.8 Å². The minimum absolute atomic E-state index is 0.273. The first kappa shape index (κ1) is 21.6. The van der Waals surface area contributed by atoms with E-state index in [0.717, 1.165) is 27.9 Å². The fraction of sp³-hybridized carbons (Fsp3) is 0.214. The Hall–Kier alpha value is -3.66. The Kier molecular flexibility index (Phi) is 6.22. The van der Waals surface area contributed by atoms with Gasteiger partial charge in [-0.3, -0.25) is 9.59 Å². The van der Waals surface area contributed by atoms with Crippen LogP contribution >= 0.6 is 0 Å². The second kappa shape index (κ2) is 9.23. The van der Waals surface area contributed by atoms with E-state index in [1.807, 2.05) is 105 Å². The van der Waals surface area contributed by atoms with Crippen LogP contribution in [0.3, 0.4) is 0 Å². The number of hydrogen-bond acceptors (Lipinski definition) is 2. The molecule has 3 aromatic rings. The topological polar surface area (TPSA) is 66.4 Å². The third-order valence-electron chi connectivity index (χ3n) is 6.51. The lowest BCUT2D eigenvalue weighted by atomic mass is 9.66. The first-order valence-electron chi connectivity index (χ1n) is 10.9. The van der Waals surface area contributed by atoms with Gasteiger partial charge in [0.05, 0.1) is 11.8 Å². The molecule has 32 heavy (non-hydrogen) atoms. The van der Waals surface area contributed by atoms with Gasteiger partial charge in [0.2, 0.25) is 5.91 Å². The number of hydrogen-bond donors (Lipinski definition) is 2. The Morgan fingerprint density at radius 1 is 0.719 bits per heavy atom. The summed E-state index contributed by atoms with van der Waals surface area (Å²) in [6.07, 6.45) is 3.95. The molecule has 4 rings (SSSR count). The second-order valence-corrected chi connectivity index (χ2v) is 8.38. The largest absolute Gasteiger partial charge is 0.481 e. The number of carboxylic acid groups (broad SMARTS) is 1. The molecule has 0 aliphatic heterocycles. The molecule has 1 amide bonds. The van der Waals surface area contributed by atoms with Crippen molar-refractivity contribution in [3.63, 3.8) is 0 Å². The first-order valence-corrected chi connectivity index (χ1v) is 10.9. The minimum atomic E-state index is -0.967. The molecule has 0 aromatic heterocycles. The van der Waals surface area contributed by atoms with E-state index in [2.05, 4.69) is 5.32 Å². The highest BCUT2D eigenvalue weighted by Gasteiger charge is 2.46. The molecular formula is C28H27NO3. The van der Waals surface area contributed by atoms with Gasteiger partial charge in [0.1, 0.15) is 0 Å². The predicted molar refractivity (Wildman–Crippen MR) is 127 cm³/mol. The summed E-state index contributed by atoms with van der Waals surface area (Å²) < 4.78 is 0. The first-order chi connectivity index (χ1) is 15.5. The molecule has 0 fully saturated rings. The number of amides is 1. The van der Waals surface area contributed by atoms with Gasteiger partial charge in [-0.05, 0) is 42.2 Å². The summed E-state index contributed by atoms with van der Waals surface area (Å²) in [7, 11) is 0. The van der Waals surface area contributed by atoms with Crippen LogP contribution in [-0.2, 0) is 9.59 Å². The van der Waals surface area contributed by atoms with Gasteiger partial charge >= 0.3 is 5.97 Å². The highest BCUT2D eigenvalue weighted by atomic mass is 16.4. The number of carboxylic acids is 1. The average Bonchev–Trinajstić information content (AvgIpc) is 2.82. The van der Waals surface area contributed by atoms with Crippen molar-refractivity contribution >= 4 is 17.6 Å². The van der Waals surface area contributed by atoms with Gasteiger partial charge in [-0.25, -0.2) is 0 Å². The molecule has 4 atom stereocenters. The van der Waals surface area contributed by atoms with Gasteiger partial charge in [0.15, 0.2) is 0 Å². The summed E-state index contributed by atoms with van der Waals surface area (Å²) in [5.41, 5.74) is 4.60. The van der Waals surface area contributed by atoms with Crippen LogP contribution in [0.4, 0.5) is 5.69 Å². The Morgan fingerprint density at radius 2 is 1.25 bits per heavy atom. The molecule has 4 heteroatoms. The summed E-state index contributed by atoms with van der Waals surface area (Å²) in [5, 5.41) is 13.3. The van der Waals surface area contributed by atoms with E-state index in [-0.39, 0.29) is 17.7 Å². The third kappa shape index (κ3) is 4.22. The van der Waals surface area contributed by atoms with Crippen molar-refractivity contribution in [2.45, 2.75) is 25.7 Å². The molecule has 2 unspecified atom stereocenters. The smallest absolute Gasteiger partial charge is 0.308 e. The number of nitrogens with one attached hydrogen (secondary N) is 1. The third-order valence-corrected chi connectivity index (χ3v) is 6.51. The number of carbonyl (C=O) groups is 2. The Balaban J connectivity index is 1.79. The molecule has 0 saturated heterocycles. The molecule has 1 aliphatic rings. The average molecular weight is 426 g/mol. The number of aliphatic carboxylic acids is 1. The zero-order valence-corrected chi connectivity index (χ0v) is 18.2. The predicted octanol–water partition coefficient (Wildman–Crippen LogP) is 5.70. The van der Waals surface area contributed by atoms with Crippen molar-refractivity contribution in [1.82, 2.24) is 0 Å². The lowest BCUT2D eigenvalue weighted by Crippen LogP contribution is -2.42. The number of aryl methyl sites for hydroxylation is 1. The number of carbonyl (C=O) groups excluding carboxylic acids is 1. The van der Waals surface area contributed by atoms with E-state index in [4.69, 9.17) is 0 Å². The monoisotopic (exact) mass is 425 g/mol. The van der Waals surface area contributed by atoms with Crippen LogP contribution in [0.1, 0.15) is 34.1 Å². The van der Waals surface area contributed by atoms with Crippen molar-refractivity contribution in [3.05, 3.63) is 113 Å². The van der Waals surface area contributed by atoms with E-state index in [1.165, 1.54) is 0 Å². The quantitative estimate of drug-likeness (QED) is 0.516. The fourth-order valence-electron chi connectivity index (χ4n) is 4.65. The Morgan fingerprint density at radius 3 is 1.78 bits per heavy atom. The van der Waals surface area contributed by atoms with Crippen LogP contribution in [0, 0.1) is 25.7 Å². The van der Waals surface area contributed by atoms with Crippen LogP contribution in [0.15, 0.2) is 91.0 Å². The van der Waals surface area contributed by atoms with Crippen LogP contribution in [0.5, 0.6) is 0 Å². The summed E-state index contributed by atoms with van der Waals surface area (Å²) in [6, 6.07) is 25.0. The van der Waals surface area contributed by atoms with Gasteiger partial charge in [0.25, 0.3) is 0 Å². The summed E-state index contributed by atoms with van der Waals surface area (Å²) in [6.45, 7) is 3.95. The van der Waals surface area contributed by atoms with E-state index >= 15 is 0 Å². The molecule has 1 aliphatic carbocycles. The second-order valence-electron chi connectivity index (χ2n) is 8.38. The lowest BCUT2D eigenvalue weighted by molar-refractivity contribution is -0.147. The van der Waals surface area contributed by atoms with Crippen LogP contribution in [0.25, 0.3) is 0 Å². The van der Waals surface area contributed by atoms with Crippen LogP contribution < -0.4 is 5.32 Å². The van der Waals surface area contributed by atoms with Gasteiger partial charge in [-0.1, -0.05) is 84.9 Å². The maximum atomic E-state index is 13.7. The molecular weight excluding hydrogens is 398 g/mol. The number of benzene rings is 3. The molecule has 0 radical (unpaired) electrons. The maximum absolute atomic E-state index is 13.7. The molecule has 2 N–H and O–H groups in total.